The average molecular weight is 374 g/mol. The van der Waals surface area contributed by atoms with Crippen LogP contribution in [0.3, 0.4) is 0 Å². The first-order chi connectivity index (χ1) is 13.7. The monoisotopic (exact) mass is 374 g/mol. The van der Waals surface area contributed by atoms with Crippen LogP contribution in [-0.4, -0.2) is 41.0 Å². The predicted octanol–water partition coefficient (Wildman–Crippen LogP) is 3.17. The number of aromatic amines is 1. The van der Waals surface area contributed by atoms with E-state index >= 15 is 0 Å². The van der Waals surface area contributed by atoms with Crippen LogP contribution in [-0.2, 0) is 0 Å². The van der Waals surface area contributed by atoms with Crippen LogP contribution in [0.5, 0.6) is 0 Å². The first-order valence-corrected chi connectivity index (χ1v) is 9.72. The SMILES string of the molecule is O=C(NC(=O)c1ccccc1)NC1CCN(C2c3[nH]c4ccccc4c32)CC1. The molecule has 0 saturated carbocycles. The van der Waals surface area contributed by atoms with E-state index in [4.69, 9.17) is 0 Å². The van der Waals surface area contributed by atoms with Crippen LogP contribution >= 0.6 is 0 Å². The number of H-pyrrole nitrogens is 1. The largest absolute Gasteiger partial charge is 0.357 e. The number of nitrogens with zero attached hydrogens (tertiary/aromatic N) is 1. The zero-order valence-corrected chi connectivity index (χ0v) is 15.4. The van der Waals surface area contributed by atoms with Gasteiger partial charge in [0, 0.05) is 46.9 Å². The van der Waals surface area contributed by atoms with Crippen molar-refractivity contribution in [1.29, 1.82) is 0 Å². The van der Waals surface area contributed by atoms with Crippen molar-refractivity contribution in [2.45, 2.75) is 24.9 Å². The summed E-state index contributed by atoms with van der Waals surface area (Å²) in [5.74, 6) is -0.376. The third-order valence-electron chi connectivity index (χ3n) is 5.73. The summed E-state index contributed by atoms with van der Waals surface area (Å²) >= 11 is 0. The van der Waals surface area contributed by atoms with Gasteiger partial charge in [0.1, 0.15) is 0 Å². The van der Waals surface area contributed by atoms with Crippen molar-refractivity contribution in [2.75, 3.05) is 13.1 Å². The summed E-state index contributed by atoms with van der Waals surface area (Å²) in [6, 6.07) is 17.3. The topological polar surface area (TPSA) is 77.2 Å². The summed E-state index contributed by atoms with van der Waals surface area (Å²) in [6.45, 7) is 1.86. The fourth-order valence-corrected chi connectivity index (χ4v) is 4.26. The number of carbonyl (C=O) groups excluding carboxylic acids is 2. The van der Waals surface area contributed by atoms with E-state index in [1.54, 1.807) is 24.3 Å². The van der Waals surface area contributed by atoms with Crippen LogP contribution < -0.4 is 10.6 Å². The smallest absolute Gasteiger partial charge is 0.321 e. The van der Waals surface area contributed by atoms with Crippen molar-refractivity contribution < 1.29 is 9.59 Å². The number of para-hydroxylation sites is 1. The molecule has 142 valence electrons. The minimum absolute atomic E-state index is 0.0914. The lowest BCUT2D eigenvalue weighted by molar-refractivity contribution is 0.0961. The molecule has 0 bridgehead atoms. The van der Waals surface area contributed by atoms with Crippen LogP contribution in [0.25, 0.3) is 10.9 Å². The molecule has 3 N–H and O–H groups in total. The zero-order valence-electron chi connectivity index (χ0n) is 15.4. The summed E-state index contributed by atoms with van der Waals surface area (Å²) in [4.78, 5) is 30.2. The lowest BCUT2D eigenvalue weighted by atomic mass is 10.0. The predicted molar refractivity (Wildman–Crippen MR) is 107 cm³/mol. The first-order valence-electron chi connectivity index (χ1n) is 9.72. The molecule has 28 heavy (non-hydrogen) atoms. The second kappa shape index (κ2) is 6.80. The Morgan fingerprint density at radius 2 is 1.68 bits per heavy atom. The Bertz CT molecular complexity index is 1040. The molecule has 1 aliphatic carbocycles. The van der Waals surface area contributed by atoms with Crippen LogP contribution in [0, 0.1) is 0 Å². The number of urea groups is 1. The number of hydrogen-bond donors (Lipinski definition) is 3. The lowest BCUT2D eigenvalue weighted by Crippen LogP contribution is -2.48. The summed E-state index contributed by atoms with van der Waals surface area (Å²) in [5.41, 5.74) is 4.45. The number of likely N-dealkylation sites (tertiary alicyclic amines) is 1. The highest BCUT2D eigenvalue weighted by Gasteiger charge is 2.43. The summed E-state index contributed by atoms with van der Waals surface area (Å²) in [5, 5.41) is 6.67. The van der Waals surface area contributed by atoms with E-state index in [0.29, 0.717) is 11.6 Å². The molecule has 1 fully saturated rings. The second-order valence-electron chi connectivity index (χ2n) is 7.50. The van der Waals surface area contributed by atoms with E-state index in [0.717, 1.165) is 25.9 Å². The number of benzene rings is 2. The number of fused-ring (bicyclic) bond motifs is 3. The number of nitrogens with one attached hydrogen (secondary N) is 3. The van der Waals surface area contributed by atoms with E-state index in [-0.39, 0.29) is 11.9 Å². The average Bonchev–Trinajstić information content (AvgIpc) is 3.30. The highest BCUT2D eigenvalue weighted by atomic mass is 16.2. The van der Waals surface area contributed by atoms with Crippen LogP contribution in [0.4, 0.5) is 4.79 Å². The highest BCUT2D eigenvalue weighted by Crippen LogP contribution is 2.50. The van der Waals surface area contributed by atoms with Crippen LogP contribution in [0.1, 0.15) is 40.5 Å². The maximum Gasteiger partial charge on any atom is 0.321 e. The minimum atomic E-state index is -0.421. The number of amides is 3. The van der Waals surface area contributed by atoms with E-state index in [9.17, 15) is 9.59 Å². The standard InChI is InChI=1S/C22H22N4O2/c27-21(14-6-2-1-3-7-14)25-22(28)23-15-10-12-26(13-11-15)20-18-16-8-4-5-9-17(16)24-19(18)20/h1-9,15,20,24H,10-13H2,(H2,23,25,27,28). The van der Waals surface area contributed by atoms with E-state index in [1.165, 1.54) is 22.2 Å². The molecule has 1 saturated heterocycles. The number of hydrogen-bond acceptors (Lipinski definition) is 3. The van der Waals surface area contributed by atoms with Crippen LogP contribution in [0.2, 0.25) is 0 Å². The third-order valence-corrected chi connectivity index (χ3v) is 5.73. The number of piperidine rings is 1. The summed E-state index contributed by atoms with van der Waals surface area (Å²) < 4.78 is 0. The Balaban J connectivity index is 1.12. The number of carbonyl (C=O) groups is 2. The Labute approximate surface area is 162 Å². The molecule has 3 amide bonds. The Morgan fingerprint density at radius 3 is 2.46 bits per heavy atom. The molecule has 2 aromatic carbocycles. The molecule has 6 nitrogen and oxygen atoms in total. The van der Waals surface area contributed by atoms with Gasteiger partial charge >= 0.3 is 6.03 Å². The Kier molecular flexibility index (Phi) is 4.13. The molecule has 1 atom stereocenters. The number of imide groups is 1. The number of rotatable bonds is 3. The zero-order chi connectivity index (χ0) is 19.1. The lowest BCUT2D eigenvalue weighted by Gasteiger charge is -2.32. The van der Waals surface area contributed by atoms with Crippen molar-refractivity contribution in [1.82, 2.24) is 20.5 Å². The van der Waals surface area contributed by atoms with E-state index < -0.39 is 6.03 Å². The maximum absolute atomic E-state index is 12.1. The molecule has 0 spiro atoms. The quantitative estimate of drug-likeness (QED) is 0.659. The van der Waals surface area contributed by atoms with Gasteiger partial charge in [0.2, 0.25) is 0 Å². The molecule has 6 heteroatoms. The Hall–Kier alpha value is -3.12. The fraction of sp³-hybridized carbons (Fsp3) is 0.273. The van der Waals surface area contributed by atoms with Gasteiger partial charge in [0.15, 0.2) is 0 Å². The fourth-order valence-electron chi connectivity index (χ4n) is 4.26. The molecule has 1 aliphatic heterocycles. The molecule has 1 unspecified atom stereocenters. The van der Waals surface area contributed by atoms with E-state index in [1.807, 2.05) is 6.07 Å². The third kappa shape index (κ3) is 3.05. The first kappa shape index (κ1) is 17.0. The van der Waals surface area contributed by atoms with Gasteiger partial charge in [-0.1, -0.05) is 36.4 Å². The van der Waals surface area contributed by atoms with Crippen molar-refractivity contribution in [3.05, 3.63) is 71.4 Å². The molecule has 5 rings (SSSR count). The van der Waals surface area contributed by atoms with Gasteiger partial charge in [-0.25, -0.2) is 4.79 Å². The normalized spacial score (nSPS) is 19.2. The van der Waals surface area contributed by atoms with Gasteiger partial charge in [-0.05, 0) is 31.0 Å². The van der Waals surface area contributed by atoms with Crippen LogP contribution in [0.15, 0.2) is 54.6 Å². The van der Waals surface area contributed by atoms with Gasteiger partial charge in [-0.15, -0.1) is 0 Å². The van der Waals surface area contributed by atoms with Gasteiger partial charge in [-0.3, -0.25) is 15.0 Å². The minimum Gasteiger partial charge on any atom is -0.357 e. The highest BCUT2D eigenvalue weighted by molar-refractivity contribution is 6.04. The van der Waals surface area contributed by atoms with Crippen molar-refractivity contribution in [3.8, 4) is 0 Å². The molecule has 2 aliphatic rings. The summed E-state index contributed by atoms with van der Waals surface area (Å²) in [7, 11) is 0. The Morgan fingerprint density at radius 1 is 0.964 bits per heavy atom. The van der Waals surface area contributed by atoms with E-state index in [2.05, 4.69) is 44.8 Å². The second-order valence-corrected chi connectivity index (χ2v) is 7.50. The van der Waals surface area contributed by atoms with Crippen molar-refractivity contribution in [3.63, 3.8) is 0 Å². The molecular weight excluding hydrogens is 352 g/mol. The van der Waals surface area contributed by atoms with Gasteiger partial charge in [0.05, 0.1) is 6.04 Å². The van der Waals surface area contributed by atoms with Gasteiger partial charge in [-0.2, -0.15) is 0 Å². The van der Waals surface area contributed by atoms with Gasteiger partial charge < -0.3 is 10.3 Å². The van der Waals surface area contributed by atoms with Gasteiger partial charge in [0.25, 0.3) is 5.91 Å². The molecule has 1 aromatic heterocycles. The van der Waals surface area contributed by atoms with Crippen molar-refractivity contribution in [2.24, 2.45) is 0 Å². The molecule has 3 aromatic rings. The molecule has 0 radical (unpaired) electrons. The van der Waals surface area contributed by atoms with Crippen molar-refractivity contribution >= 4 is 22.8 Å². The molecule has 2 heterocycles. The molecular formula is C22H22N4O2. The maximum atomic E-state index is 12.1. The number of aromatic nitrogens is 1. The summed E-state index contributed by atoms with van der Waals surface area (Å²) in [6.07, 6.45) is 1.76.